The molecule has 0 aliphatic rings. The highest BCUT2D eigenvalue weighted by Gasteiger charge is 2.24. The van der Waals surface area contributed by atoms with Gasteiger partial charge in [0.2, 0.25) is 0 Å². The molecule has 6 heteroatoms. The van der Waals surface area contributed by atoms with Crippen LogP contribution in [0.4, 0.5) is 0 Å². The van der Waals surface area contributed by atoms with E-state index < -0.39 is 0 Å². The van der Waals surface area contributed by atoms with Gasteiger partial charge in [-0.3, -0.25) is 4.57 Å². The van der Waals surface area contributed by atoms with Crippen molar-refractivity contribution in [1.82, 2.24) is 24.5 Å². The van der Waals surface area contributed by atoms with Gasteiger partial charge in [0.25, 0.3) is 0 Å². The van der Waals surface area contributed by atoms with E-state index in [1.165, 1.54) is 0 Å². The van der Waals surface area contributed by atoms with Gasteiger partial charge in [-0.15, -0.1) is 0 Å². The maximum atomic E-state index is 6.44. The van der Waals surface area contributed by atoms with Crippen molar-refractivity contribution in [2.75, 3.05) is 0 Å². The summed E-state index contributed by atoms with van der Waals surface area (Å²) in [5, 5.41) is 4.26. The molecule has 62 heavy (non-hydrogen) atoms. The van der Waals surface area contributed by atoms with Crippen LogP contribution < -0.4 is 0 Å². The summed E-state index contributed by atoms with van der Waals surface area (Å²) >= 11 is 0. The van der Waals surface area contributed by atoms with Crippen LogP contribution in [-0.2, 0) is 0 Å². The second-order valence-corrected chi connectivity index (χ2v) is 15.4. The van der Waals surface area contributed by atoms with Crippen LogP contribution in [-0.4, -0.2) is 24.5 Å². The Morgan fingerprint density at radius 1 is 0.339 bits per heavy atom. The van der Waals surface area contributed by atoms with Crippen LogP contribution in [0.15, 0.2) is 217 Å². The average molecular weight is 794 g/mol. The highest BCUT2D eigenvalue weighted by atomic mass is 16.3. The van der Waals surface area contributed by atoms with E-state index in [0.29, 0.717) is 23.3 Å². The third-order valence-corrected chi connectivity index (χ3v) is 11.7. The Hall–Kier alpha value is -8.48. The first-order chi connectivity index (χ1) is 30.7. The number of para-hydroxylation sites is 2. The van der Waals surface area contributed by atoms with Crippen molar-refractivity contribution in [3.05, 3.63) is 212 Å². The Morgan fingerprint density at radius 3 is 1.50 bits per heavy atom. The van der Waals surface area contributed by atoms with Crippen molar-refractivity contribution in [2.24, 2.45) is 0 Å². The molecule has 0 aliphatic carbocycles. The lowest BCUT2D eigenvalue weighted by Crippen LogP contribution is -2.06. The normalized spacial score (nSPS) is 11.5. The van der Waals surface area contributed by atoms with Crippen LogP contribution in [0, 0.1) is 0 Å². The summed E-state index contributed by atoms with van der Waals surface area (Å²) in [6.45, 7) is 0. The molecule has 0 radical (unpaired) electrons. The van der Waals surface area contributed by atoms with Gasteiger partial charge < -0.3 is 4.42 Å². The molecule has 0 saturated heterocycles. The van der Waals surface area contributed by atoms with E-state index in [1.54, 1.807) is 0 Å². The minimum Gasteiger partial charge on any atom is -0.456 e. The first-order valence-corrected chi connectivity index (χ1v) is 20.7. The maximum absolute atomic E-state index is 6.44. The Labute approximate surface area is 357 Å². The van der Waals surface area contributed by atoms with E-state index >= 15 is 0 Å². The fourth-order valence-corrected chi connectivity index (χ4v) is 8.86. The molecule has 0 N–H and O–H groups in total. The van der Waals surface area contributed by atoms with Gasteiger partial charge in [0.1, 0.15) is 17.0 Å². The first kappa shape index (κ1) is 35.5. The number of hydrogen-bond donors (Lipinski definition) is 0. The monoisotopic (exact) mass is 793 g/mol. The standard InChI is InChI=1S/C56H35N5O/c1-5-18-36(19-6-1)41-28-17-29-42(37-20-7-2-8-21-37)52(41)40-32-47(55-59-53(38-22-9-3-10-23-38)58-54(60-55)39-24-11-4-12-25-39)56(57-35-40)61-48-30-15-13-26-43(48)45-34-51-46(33-49(45)61)44-27-14-16-31-50(44)62-51/h1-35H. The zero-order valence-electron chi connectivity index (χ0n) is 33.4. The number of furan rings is 1. The van der Waals surface area contributed by atoms with Crippen LogP contribution in [0.2, 0.25) is 0 Å². The van der Waals surface area contributed by atoms with Gasteiger partial charge in [0.15, 0.2) is 17.5 Å². The van der Waals surface area contributed by atoms with Gasteiger partial charge in [-0.05, 0) is 58.1 Å². The molecule has 0 fully saturated rings. The van der Waals surface area contributed by atoms with Crippen molar-refractivity contribution in [1.29, 1.82) is 0 Å². The Balaban J connectivity index is 1.20. The van der Waals surface area contributed by atoms with Crippen LogP contribution in [0.5, 0.6) is 0 Å². The molecule has 0 aliphatic heterocycles. The minimum absolute atomic E-state index is 0.515. The maximum Gasteiger partial charge on any atom is 0.167 e. The van der Waals surface area contributed by atoms with Crippen LogP contribution in [0.25, 0.3) is 117 Å². The molecule has 12 aromatic rings. The Morgan fingerprint density at radius 2 is 0.871 bits per heavy atom. The molecule has 0 atom stereocenters. The van der Waals surface area contributed by atoms with Gasteiger partial charge in [-0.2, -0.15) is 0 Å². The van der Waals surface area contributed by atoms with Crippen molar-refractivity contribution in [3.63, 3.8) is 0 Å². The van der Waals surface area contributed by atoms with Crippen molar-refractivity contribution < 1.29 is 4.42 Å². The van der Waals surface area contributed by atoms with Gasteiger partial charge in [-0.1, -0.05) is 176 Å². The van der Waals surface area contributed by atoms with Crippen LogP contribution in [0.3, 0.4) is 0 Å². The molecule has 0 saturated carbocycles. The fraction of sp³-hybridized carbons (Fsp3) is 0. The lowest BCUT2D eigenvalue weighted by atomic mass is 9.88. The number of rotatable bonds is 7. The molecule has 4 heterocycles. The zero-order chi connectivity index (χ0) is 41.0. The summed E-state index contributed by atoms with van der Waals surface area (Å²) in [4.78, 5) is 21.2. The van der Waals surface area contributed by atoms with Gasteiger partial charge in [0, 0.05) is 44.4 Å². The fourth-order valence-electron chi connectivity index (χ4n) is 8.86. The lowest BCUT2D eigenvalue weighted by Gasteiger charge is -2.19. The average Bonchev–Trinajstić information content (AvgIpc) is 3.88. The van der Waals surface area contributed by atoms with E-state index in [-0.39, 0.29) is 0 Å². The summed E-state index contributed by atoms with van der Waals surface area (Å²) in [5.74, 6) is 2.37. The molecular weight excluding hydrogens is 759 g/mol. The minimum atomic E-state index is 0.515. The molecular formula is C56H35N5O. The molecule has 0 unspecified atom stereocenters. The molecule has 0 amide bonds. The number of fused-ring (bicyclic) bond motifs is 6. The van der Waals surface area contributed by atoms with Gasteiger partial charge in [0.05, 0.1) is 16.6 Å². The number of aromatic nitrogens is 5. The SMILES string of the molecule is c1ccc(-c2nc(-c3ccccc3)nc(-c3cc(-c4c(-c5ccccc5)cccc4-c4ccccc4)cnc3-n3c4ccccc4c4cc5oc6ccccc6c5cc43)n2)cc1. The molecule has 4 aromatic heterocycles. The van der Waals surface area contributed by atoms with E-state index in [1.807, 2.05) is 79.0 Å². The summed E-state index contributed by atoms with van der Waals surface area (Å²) in [6, 6.07) is 71.2. The highest BCUT2D eigenvalue weighted by Crippen LogP contribution is 2.44. The molecule has 12 rings (SSSR count). The van der Waals surface area contributed by atoms with E-state index in [4.69, 9.17) is 24.4 Å². The second-order valence-electron chi connectivity index (χ2n) is 15.4. The summed E-state index contributed by atoms with van der Waals surface area (Å²) in [7, 11) is 0. The largest absolute Gasteiger partial charge is 0.456 e. The number of hydrogen-bond acceptors (Lipinski definition) is 5. The number of nitrogens with zero attached hydrogens (tertiary/aromatic N) is 5. The summed E-state index contributed by atoms with van der Waals surface area (Å²) in [5.41, 5.74) is 12.7. The topological polar surface area (TPSA) is 69.6 Å². The van der Waals surface area contributed by atoms with Crippen molar-refractivity contribution in [3.8, 4) is 73.4 Å². The Bertz CT molecular complexity index is 3500. The third kappa shape index (κ3) is 5.96. The highest BCUT2D eigenvalue weighted by molar-refractivity contribution is 6.17. The summed E-state index contributed by atoms with van der Waals surface area (Å²) in [6.07, 6.45) is 2.01. The van der Waals surface area contributed by atoms with Gasteiger partial charge >= 0.3 is 0 Å². The van der Waals surface area contributed by atoms with E-state index in [0.717, 1.165) is 93.8 Å². The van der Waals surface area contributed by atoms with Crippen molar-refractivity contribution in [2.45, 2.75) is 0 Å². The van der Waals surface area contributed by atoms with Gasteiger partial charge in [-0.25, -0.2) is 19.9 Å². The first-order valence-electron chi connectivity index (χ1n) is 20.7. The lowest BCUT2D eigenvalue weighted by molar-refractivity contribution is 0.669. The summed E-state index contributed by atoms with van der Waals surface area (Å²) < 4.78 is 8.70. The Kier molecular flexibility index (Phi) is 8.38. The van der Waals surface area contributed by atoms with E-state index in [9.17, 15) is 0 Å². The van der Waals surface area contributed by atoms with Crippen LogP contribution in [0.1, 0.15) is 0 Å². The van der Waals surface area contributed by atoms with Crippen molar-refractivity contribution >= 4 is 43.7 Å². The zero-order valence-corrected chi connectivity index (χ0v) is 33.4. The number of pyridine rings is 1. The quantitative estimate of drug-likeness (QED) is 0.161. The second kappa shape index (κ2) is 14.7. The van der Waals surface area contributed by atoms with E-state index in [2.05, 4.69) is 138 Å². The molecule has 290 valence electrons. The predicted molar refractivity (Wildman–Crippen MR) is 252 cm³/mol. The molecule has 0 spiro atoms. The third-order valence-electron chi connectivity index (χ3n) is 11.7. The predicted octanol–water partition coefficient (Wildman–Crippen LogP) is 14.3. The van der Waals surface area contributed by atoms with Crippen LogP contribution >= 0.6 is 0 Å². The molecule has 0 bridgehead atoms. The smallest absolute Gasteiger partial charge is 0.167 e. The molecule has 6 nitrogen and oxygen atoms in total. The molecule has 8 aromatic carbocycles. The number of benzene rings is 8.